The zero-order valence-corrected chi connectivity index (χ0v) is 18.5. The Bertz CT molecular complexity index is 1220. The van der Waals surface area contributed by atoms with Crippen LogP contribution >= 0.6 is 0 Å². The van der Waals surface area contributed by atoms with Gasteiger partial charge in [-0.1, -0.05) is 36.4 Å². The monoisotopic (exact) mass is 413 g/mol. The molecule has 1 atom stereocenters. The fraction of sp³-hybridized carbons (Fsp3) is 0.364. The van der Waals surface area contributed by atoms with Gasteiger partial charge in [0.15, 0.2) is 0 Å². The van der Waals surface area contributed by atoms with E-state index in [0.717, 1.165) is 11.1 Å². The van der Waals surface area contributed by atoms with Crippen molar-refractivity contribution in [2.24, 2.45) is 7.05 Å². The van der Waals surface area contributed by atoms with E-state index >= 15 is 0 Å². The van der Waals surface area contributed by atoms with Crippen LogP contribution in [0.15, 0.2) is 47.3 Å². The molecule has 154 valence electrons. The molecule has 1 aromatic heterocycles. The summed E-state index contributed by atoms with van der Waals surface area (Å²) in [5.74, 6) is 0.541. The predicted octanol–water partition coefficient (Wildman–Crippen LogP) is 3.69. The third-order valence-corrected chi connectivity index (χ3v) is 7.27. The quantitative estimate of drug-likeness (QED) is 0.707. The zero-order chi connectivity index (χ0) is 21.6. The molecule has 29 heavy (non-hydrogen) atoms. The number of benzene rings is 2. The van der Waals surface area contributed by atoms with E-state index in [0.29, 0.717) is 22.3 Å². The van der Waals surface area contributed by atoms with Gasteiger partial charge >= 0.3 is 0 Å². The average Bonchev–Trinajstić information content (AvgIpc) is 2.64. The summed E-state index contributed by atoms with van der Waals surface area (Å²) in [6, 6.07) is 12.6. The van der Waals surface area contributed by atoms with E-state index in [1.54, 1.807) is 40.8 Å². The Hall–Kier alpha value is -2.51. The minimum Gasteiger partial charge on any atom is -0.295 e. The Morgan fingerprint density at radius 1 is 1.10 bits per heavy atom. The fourth-order valence-electron chi connectivity index (χ4n) is 3.20. The maximum Gasteiger partial charge on any atom is 0.261 e. The SMILES string of the molecule is Cc1cc([C@@H](C)NS(=O)(=O)C(C)(C)C)c2nc(-c3ccccc3)n(C)c(=O)c2c1. The van der Waals surface area contributed by atoms with E-state index < -0.39 is 20.8 Å². The molecule has 0 fully saturated rings. The first-order valence-electron chi connectivity index (χ1n) is 9.51. The molecular weight excluding hydrogens is 386 g/mol. The smallest absolute Gasteiger partial charge is 0.261 e. The molecule has 3 aromatic rings. The van der Waals surface area contributed by atoms with Crippen molar-refractivity contribution in [3.05, 3.63) is 63.9 Å². The van der Waals surface area contributed by atoms with Crippen molar-refractivity contribution in [2.45, 2.75) is 45.4 Å². The molecule has 0 aliphatic carbocycles. The molecule has 0 radical (unpaired) electrons. The number of aromatic nitrogens is 2. The standard InChI is InChI=1S/C22H27N3O3S/c1-14-12-17(15(2)24-29(27,28)22(3,4)5)19-18(13-14)21(26)25(6)20(23-19)16-10-8-7-9-11-16/h7-13,15,24H,1-6H3/t15-/m1/s1. The highest BCUT2D eigenvalue weighted by Gasteiger charge is 2.31. The van der Waals surface area contributed by atoms with Gasteiger partial charge in [-0.15, -0.1) is 0 Å². The van der Waals surface area contributed by atoms with Crippen LogP contribution in [0, 0.1) is 6.92 Å². The molecule has 0 aliphatic rings. The maximum absolute atomic E-state index is 13.1. The van der Waals surface area contributed by atoms with Crippen LogP contribution < -0.4 is 10.3 Å². The summed E-state index contributed by atoms with van der Waals surface area (Å²) >= 11 is 0. The molecule has 0 bridgehead atoms. The number of nitrogens with zero attached hydrogens (tertiary/aromatic N) is 2. The van der Waals surface area contributed by atoms with Gasteiger partial charge in [-0.3, -0.25) is 9.36 Å². The number of sulfonamides is 1. The minimum absolute atomic E-state index is 0.162. The van der Waals surface area contributed by atoms with Crippen LogP contribution in [-0.2, 0) is 17.1 Å². The first-order chi connectivity index (χ1) is 13.4. The van der Waals surface area contributed by atoms with E-state index in [9.17, 15) is 13.2 Å². The third kappa shape index (κ3) is 3.97. The lowest BCUT2D eigenvalue weighted by Gasteiger charge is -2.24. The van der Waals surface area contributed by atoms with Crippen LogP contribution in [0.2, 0.25) is 0 Å². The second kappa shape index (κ2) is 7.39. The van der Waals surface area contributed by atoms with Gasteiger partial charge in [-0.25, -0.2) is 18.1 Å². The number of fused-ring (bicyclic) bond motifs is 1. The molecule has 1 heterocycles. The first kappa shape index (κ1) is 21.2. The van der Waals surface area contributed by atoms with Crippen molar-refractivity contribution in [1.82, 2.24) is 14.3 Å². The van der Waals surface area contributed by atoms with E-state index in [1.807, 2.05) is 43.3 Å². The molecule has 3 rings (SSSR count). The van der Waals surface area contributed by atoms with Crippen molar-refractivity contribution in [3.63, 3.8) is 0 Å². The Labute approximate surface area is 171 Å². The number of nitrogens with one attached hydrogen (secondary N) is 1. The van der Waals surface area contributed by atoms with Gasteiger partial charge in [-0.2, -0.15) is 0 Å². The molecule has 0 saturated heterocycles. The molecule has 0 aliphatic heterocycles. The van der Waals surface area contributed by atoms with Crippen molar-refractivity contribution < 1.29 is 8.42 Å². The second-order valence-electron chi connectivity index (χ2n) is 8.37. The predicted molar refractivity (Wildman–Crippen MR) is 117 cm³/mol. The highest BCUT2D eigenvalue weighted by molar-refractivity contribution is 7.90. The van der Waals surface area contributed by atoms with Gasteiger partial charge < -0.3 is 0 Å². The highest BCUT2D eigenvalue weighted by Crippen LogP contribution is 2.27. The van der Waals surface area contributed by atoms with Crippen LogP contribution in [-0.4, -0.2) is 22.7 Å². The van der Waals surface area contributed by atoms with Crippen molar-refractivity contribution >= 4 is 20.9 Å². The molecular formula is C22H27N3O3S. The Balaban J connectivity index is 2.25. The van der Waals surface area contributed by atoms with Crippen LogP contribution in [0.5, 0.6) is 0 Å². The lowest BCUT2D eigenvalue weighted by molar-refractivity contribution is 0.532. The molecule has 6 nitrogen and oxygen atoms in total. The van der Waals surface area contributed by atoms with Gasteiger partial charge in [0.25, 0.3) is 5.56 Å². The lowest BCUT2D eigenvalue weighted by atomic mass is 10.0. The van der Waals surface area contributed by atoms with Gasteiger partial charge in [-0.05, 0) is 51.8 Å². The van der Waals surface area contributed by atoms with Gasteiger partial charge in [0, 0.05) is 18.7 Å². The summed E-state index contributed by atoms with van der Waals surface area (Å²) in [5.41, 5.74) is 2.73. The molecule has 0 saturated carbocycles. The molecule has 0 unspecified atom stereocenters. The van der Waals surface area contributed by atoms with Gasteiger partial charge in [0.1, 0.15) is 5.82 Å². The van der Waals surface area contributed by atoms with Crippen molar-refractivity contribution in [3.8, 4) is 11.4 Å². The molecule has 2 aromatic carbocycles. The van der Waals surface area contributed by atoms with Crippen LogP contribution in [0.3, 0.4) is 0 Å². The number of hydrogen-bond acceptors (Lipinski definition) is 4. The molecule has 0 amide bonds. The summed E-state index contributed by atoms with van der Waals surface area (Å²) in [7, 11) is -1.87. The van der Waals surface area contributed by atoms with E-state index in [4.69, 9.17) is 4.98 Å². The Morgan fingerprint density at radius 2 is 1.72 bits per heavy atom. The van der Waals surface area contributed by atoms with Crippen LogP contribution in [0.25, 0.3) is 22.3 Å². The minimum atomic E-state index is -3.57. The first-order valence-corrected chi connectivity index (χ1v) is 11.0. The molecule has 1 N–H and O–H groups in total. The summed E-state index contributed by atoms with van der Waals surface area (Å²) in [6.45, 7) is 8.62. The molecule has 7 heteroatoms. The van der Waals surface area contributed by atoms with Gasteiger partial charge in [0.05, 0.1) is 15.6 Å². The largest absolute Gasteiger partial charge is 0.295 e. The van der Waals surface area contributed by atoms with E-state index in [2.05, 4.69) is 4.72 Å². The van der Waals surface area contributed by atoms with E-state index in [1.165, 1.54) is 4.57 Å². The summed E-state index contributed by atoms with van der Waals surface area (Å²) in [6.07, 6.45) is 0. The van der Waals surface area contributed by atoms with Crippen LogP contribution in [0.4, 0.5) is 0 Å². The number of hydrogen-bond donors (Lipinski definition) is 1. The van der Waals surface area contributed by atoms with Gasteiger partial charge in [0.2, 0.25) is 10.0 Å². The van der Waals surface area contributed by atoms with E-state index in [-0.39, 0.29) is 5.56 Å². The second-order valence-corrected chi connectivity index (χ2v) is 10.8. The zero-order valence-electron chi connectivity index (χ0n) is 17.6. The Kier molecular flexibility index (Phi) is 5.40. The van der Waals surface area contributed by atoms with Crippen molar-refractivity contribution in [1.29, 1.82) is 0 Å². The highest BCUT2D eigenvalue weighted by atomic mass is 32.2. The lowest BCUT2D eigenvalue weighted by Crippen LogP contribution is -2.40. The normalized spacial score (nSPS) is 13.6. The number of rotatable bonds is 4. The average molecular weight is 414 g/mol. The number of aryl methyl sites for hydroxylation is 1. The summed E-state index contributed by atoms with van der Waals surface area (Å²) in [4.78, 5) is 17.9. The van der Waals surface area contributed by atoms with Crippen molar-refractivity contribution in [2.75, 3.05) is 0 Å². The topological polar surface area (TPSA) is 81.1 Å². The summed E-state index contributed by atoms with van der Waals surface area (Å²) < 4.78 is 28.7. The Morgan fingerprint density at radius 3 is 2.31 bits per heavy atom. The maximum atomic E-state index is 13.1. The fourth-order valence-corrected chi connectivity index (χ4v) is 4.15. The molecule has 0 spiro atoms. The van der Waals surface area contributed by atoms with Crippen LogP contribution in [0.1, 0.15) is 44.9 Å². The summed E-state index contributed by atoms with van der Waals surface area (Å²) in [5, 5.41) is 0.476. The third-order valence-electron chi connectivity index (χ3n) is 4.99.